The number of aryl methyl sites for hydroxylation is 4. The first-order chi connectivity index (χ1) is 22.9. The predicted octanol–water partition coefficient (Wildman–Crippen LogP) is 8.31. The maximum absolute atomic E-state index is 16.7. The van der Waals surface area contributed by atoms with Crippen molar-refractivity contribution in [2.24, 2.45) is 21.1 Å². The van der Waals surface area contributed by atoms with Gasteiger partial charge in [-0.25, -0.2) is 9.18 Å². The summed E-state index contributed by atoms with van der Waals surface area (Å²) in [7, 11) is 5.55. The number of nitrogens with zero attached hydrogens (tertiary/aromatic N) is 5. The van der Waals surface area contributed by atoms with Crippen LogP contribution >= 0.6 is 23.4 Å². The average Bonchev–Trinajstić information content (AvgIpc) is 3.63. The molecule has 4 heterocycles. The number of carboxylic acids is 1. The Morgan fingerprint density at radius 1 is 1.02 bits per heavy atom. The maximum atomic E-state index is 16.7. The van der Waals surface area contributed by atoms with Crippen molar-refractivity contribution in [2.75, 3.05) is 6.61 Å². The number of aromatic carboxylic acids is 1. The van der Waals surface area contributed by atoms with Crippen molar-refractivity contribution in [3.8, 4) is 16.9 Å². The van der Waals surface area contributed by atoms with Gasteiger partial charge in [0.15, 0.2) is 0 Å². The van der Waals surface area contributed by atoms with Crippen LogP contribution in [-0.4, -0.2) is 41.8 Å². The van der Waals surface area contributed by atoms with Crippen LogP contribution < -0.4 is 4.74 Å². The standard InChI is InChI=1S/C37H37ClFN5O3S/c1-21-32-30(41-43(21)4)20-48-19-24-17-25(44(5)40-24)18-37(2,39)23-15-22-9-6-7-10-26(22)31(16-23)47-14-8-11-27-28-12-13-29(38)33(32)34(28)42(3)35(27)36(45)46/h6-7,9-10,12-13,15-17H,8,11,14,18-20H2,1-5H3,(H,45,46). The highest BCUT2D eigenvalue weighted by molar-refractivity contribution is 7.97. The van der Waals surface area contributed by atoms with Crippen LogP contribution in [0.25, 0.3) is 32.8 Å². The number of carboxylic acid groups (broad SMARTS) is 1. The lowest BCUT2D eigenvalue weighted by Crippen LogP contribution is -2.20. The molecule has 1 aliphatic heterocycles. The Morgan fingerprint density at radius 3 is 2.60 bits per heavy atom. The van der Waals surface area contributed by atoms with E-state index in [-0.39, 0.29) is 12.1 Å². The molecule has 1 unspecified atom stereocenters. The topological polar surface area (TPSA) is 87.1 Å². The van der Waals surface area contributed by atoms with Gasteiger partial charge in [0.1, 0.15) is 17.1 Å². The van der Waals surface area contributed by atoms with E-state index in [4.69, 9.17) is 26.5 Å². The van der Waals surface area contributed by atoms with Crippen molar-refractivity contribution >= 4 is 51.0 Å². The first-order valence-corrected chi connectivity index (χ1v) is 17.5. The second kappa shape index (κ2) is 12.3. The van der Waals surface area contributed by atoms with Crippen LogP contribution in [0.5, 0.6) is 5.75 Å². The zero-order valence-corrected chi connectivity index (χ0v) is 29.2. The molecule has 1 atom stereocenters. The molecule has 0 aliphatic carbocycles. The van der Waals surface area contributed by atoms with Crippen LogP contribution in [0.15, 0.2) is 54.6 Å². The Labute approximate surface area is 287 Å². The summed E-state index contributed by atoms with van der Waals surface area (Å²) in [6.07, 6.45) is 1.17. The Balaban J connectivity index is 1.38. The van der Waals surface area contributed by atoms with Gasteiger partial charge in [0.05, 0.1) is 28.5 Å². The number of aromatic nitrogens is 5. The summed E-state index contributed by atoms with van der Waals surface area (Å²) in [5.41, 5.74) is 5.69. The molecule has 11 heteroatoms. The van der Waals surface area contributed by atoms with Gasteiger partial charge in [-0.1, -0.05) is 41.9 Å². The Kier molecular flexibility index (Phi) is 8.28. The fourth-order valence-corrected chi connectivity index (χ4v) is 8.19. The summed E-state index contributed by atoms with van der Waals surface area (Å²) < 4.78 is 28.4. The van der Waals surface area contributed by atoms with E-state index in [0.29, 0.717) is 47.3 Å². The summed E-state index contributed by atoms with van der Waals surface area (Å²) in [6.45, 7) is 3.93. The number of carbonyl (C=O) groups is 1. The number of fused-ring (bicyclic) bond motifs is 8. The van der Waals surface area contributed by atoms with E-state index in [1.165, 1.54) is 0 Å². The molecule has 3 aromatic heterocycles. The number of hydrogen-bond donors (Lipinski definition) is 1. The van der Waals surface area contributed by atoms with Crippen LogP contribution in [0.2, 0.25) is 5.02 Å². The van der Waals surface area contributed by atoms with Crippen molar-refractivity contribution in [3.05, 3.63) is 99.2 Å². The van der Waals surface area contributed by atoms with Gasteiger partial charge < -0.3 is 14.4 Å². The highest BCUT2D eigenvalue weighted by Crippen LogP contribution is 2.43. The molecule has 0 radical (unpaired) electrons. The number of ether oxygens (including phenoxy) is 1. The minimum absolute atomic E-state index is 0.152. The van der Waals surface area contributed by atoms with Gasteiger partial charge in [0, 0.05) is 72.4 Å². The summed E-state index contributed by atoms with van der Waals surface area (Å²) >= 11 is 8.64. The van der Waals surface area contributed by atoms with Crippen LogP contribution in [0, 0.1) is 6.92 Å². The molecule has 0 amide bonds. The molecular formula is C37H37ClFN5O3S. The molecular weight excluding hydrogens is 649 g/mol. The van der Waals surface area contributed by atoms with E-state index < -0.39 is 11.6 Å². The van der Waals surface area contributed by atoms with E-state index in [0.717, 1.165) is 61.1 Å². The van der Waals surface area contributed by atoms with Crippen LogP contribution in [0.4, 0.5) is 4.39 Å². The monoisotopic (exact) mass is 685 g/mol. The van der Waals surface area contributed by atoms with E-state index >= 15 is 4.39 Å². The number of halogens is 2. The van der Waals surface area contributed by atoms with Gasteiger partial charge in [0.25, 0.3) is 0 Å². The van der Waals surface area contributed by atoms with Crippen LogP contribution in [-0.2, 0) is 51.2 Å². The smallest absolute Gasteiger partial charge is 0.352 e. The highest BCUT2D eigenvalue weighted by atomic mass is 35.5. The van der Waals surface area contributed by atoms with E-state index in [1.54, 1.807) is 41.0 Å². The number of alkyl halides is 1. The molecule has 6 aromatic rings. The van der Waals surface area contributed by atoms with Crippen LogP contribution in [0.1, 0.15) is 57.7 Å². The molecule has 7 rings (SSSR count). The zero-order valence-electron chi connectivity index (χ0n) is 27.6. The zero-order chi connectivity index (χ0) is 33.9. The largest absolute Gasteiger partial charge is 0.493 e. The predicted molar refractivity (Wildman–Crippen MR) is 190 cm³/mol. The second-order valence-electron chi connectivity index (χ2n) is 12.8. The minimum atomic E-state index is -1.69. The van der Waals surface area contributed by atoms with Gasteiger partial charge in [-0.2, -0.15) is 10.2 Å². The van der Waals surface area contributed by atoms with Gasteiger partial charge in [-0.15, -0.1) is 11.8 Å². The average molecular weight is 686 g/mol. The lowest BCUT2D eigenvalue weighted by Gasteiger charge is -2.23. The van der Waals surface area contributed by atoms with E-state index in [1.807, 2.05) is 74.2 Å². The molecule has 8 bridgehead atoms. The van der Waals surface area contributed by atoms with Crippen molar-refractivity contribution in [3.63, 3.8) is 0 Å². The van der Waals surface area contributed by atoms with Crippen molar-refractivity contribution in [1.29, 1.82) is 0 Å². The van der Waals surface area contributed by atoms with Crippen LogP contribution in [0.3, 0.4) is 0 Å². The summed E-state index contributed by atoms with van der Waals surface area (Å²) in [4.78, 5) is 12.7. The van der Waals surface area contributed by atoms with Gasteiger partial charge in [-0.05, 0) is 67.5 Å². The number of benzene rings is 3. The van der Waals surface area contributed by atoms with Gasteiger partial charge in [0.2, 0.25) is 0 Å². The number of hydrogen-bond acceptors (Lipinski definition) is 5. The first kappa shape index (κ1) is 32.3. The third-order valence-electron chi connectivity index (χ3n) is 9.55. The molecule has 0 spiro atoms. The summed E-state index contributed by atoms with van der Waals surface area (Å²) in [6, 6.07) is 17.3. The fraction of sp³-hybridized carbons (Fsp3) is 0.324. The summed E-state index contributed by atoms with van der Waals surface area (Å²) in [5, 5.41) is 23.2. The van der Waals surface area contributed by atoms with E-state index in [2.05, 4.69) is 0 Å². The summed E-state index contributed by atoms with van der Waals surface area (Å²) in [5.74, 6) is 0.784. The molecule has 8 nitrogen and oxygen atoms in total. The molecule has 0 saturated heterocycles. The third kappa shape index (κ3) is 5.54. The molecule has 48 heavy (non-hydrogen) atoms. The van der Waals surface area contributed by atoms with E-state index in [9.17, 15) is 9.90 Å². The molecule has 3 aromatic carbocycles. The molecule has 0 saturated carbocycles. The Bertz CT molecular complexity index is 2230. The third-order valence-corrected chi connectivity index (χ3v) is 10.8. The number of rotatable bonds is 1. The fourth-order valence-electron chi connectivity index (χ4n) is 7.10. The van der Waals surface area contributed by atoms with Gasteiger partial charge >= 0.3 is 5.97 Å². The molecule has 1 N–H and O–H groups in total. The SMILES string of the molecule is Cc1c2c(nn1C)CSCc1cc(n(C)n1)CC(C)(F)c1cc(c3ccccc3c1)OCCCc1c(C(=O)O)n(C)c3c-2c(Cl)ccc13. The quantitative estimate of drug-likeness (QED) is 0.187. The molecule has 0 fully saturated rings. The normalized spacial score (nSPS) is 17.3. The van der Waals surface area contributed by atoms with Crippen molar-refractivity contribution < 1.29 is 19.0 Å². The highest BCUT2D eigenvalue weighted by Gasteiger charge is 2.30. The Morgan fingerprint density at radius 2 is 1.81 bits per heavy atom. The lowest BCUT2D eigenvalue weighted by atomic mass is 9.90. The number of thioether (sulfide) groups is 1. The van der Waals surface area contributed by atoms with Gasteiger partial charge in [-0.3, -0.25) is 9.36 Å². The first-order valence-electron chi connectivity index (χ1n) is 15.9. The lowest BCUT2D eigenvalue weighted by molar-refractivity contribution is 0.0685. The second-order valence-corrected chi connectivity index (χ2v) is 14.2. The molecule has 248 valence electrons. The van der Waals surface area contributed by atoms with Crippen molar-refractivity contribution in [2.45, 2.75) is 50.3 Å². The minimum Gasteiger partial charge on any atom is -0.493 e. The Hall–Kier alpha value is -4.28. The molecule has 1 aliphatic rings. The maximum Gasteiger partial charge on any atom is 0.352 e. The van der Waals surface area contributed by atoms with Crippen molar-refractivity contribution in [1.82, 2.24) is 24.1 Å².